The summed E-state index contributed by atoms with van der Waals surface area (Å²) in [6.45, 7) is 2.16. The molecule has 1 aliphatic rings. The summed E-state index contributed by atoms with van der Waals surface area (Å²) in [6, 6.07) is 22.7. The first-order chi connectivity index (χ1) is 15.3. The molecule has 1 N–H and O–H groups in total. The summed E-state index contributed by atoms with van der Waals surface area (Å²) in [7, 11) is 0. The van der Waals surface area contributed by atoms with E-state index in [1.807, 2.05) is 36.7 Å². The van der Waals surface area contributed by atoms with E-state index < -0.39 is 0 Å². The lowest BCUT2D eigenvalue weighted by molar-refractivity contribution is 0.549. The van der Waals surface area contributed by atoms with Crippen LogP contribution < -0.4 is 10.2 Å². The maximum Gasteiger partial charge on any atom is 0.174 e. The summed E-state index contributed by atoms with van der Waals surface area (Å²) < 4.78 is 2.18. The molecule has 0 unspecified atom stereocenters. The van der Waals surface area contributed by atoms with E-state index in [2.05, 4.69) is 80.3 Å². The Morgan fingerprint density at radius 1 is 0.935 bits per heavy atom. The van der Waals surface area contributed by atoms with Crippen molar-refractivity contribution >= 4 is 23.0 Å². The van der Waals surface area contributed by atoms with Crippen LogP contribution in [-0.2, 0) is 6.42 Å². The highest BCUT2D eigenvalue weighted by Crippen LogP contribution is 2.42. The minimum atomic E-state index is -0.0788. The first-order valence-corrected chi connectivity index (χ1v) is 10.8. The van der Waals surface area contributed by atoms with Gasteiger partial charge in [0, 0.05) is 30.0 Å². The van der Waals surface area contributed by atoms with Crippen LogP contribution in [0.1, 0.15) is 36.0 Å². The van der Waals surface area contributed by atoms with Crippen LogP contribution in [0.2, 0.25) is 0 Å². The summed E-state index contributed by atoms with van der Waals surface area (Å²) in [5, 5.41) is 4.23. The second kappa shape index (κ2) is 8.32. The summed E-state index contributed by atoms with van der Waals surface area (Å²) in [5.74, 6) is 0. The van der Waals surface area contributed by atoms with Gasteiger partial charge in [0.15, 0.2) is 5.11 Å². The molecule has 1 aliphatic heterocycles. The van der Waals surface area contributed by atoms with Crippen LogP contribution in [0.15, 0.2) is 91.5 Å². The fourth-order valence-corrected chi connectivity index (χ4v) is 4.54. The molecule has 5 nitrogen and oxygen atoms in total. The highest BCUT2D eigenvalue weighted by atomic mass is 32.1. The molecule has 1 saturated heterocycles. The van der Waals surface area contributed by atoms with Crippen LogP contribution in [0.25, 0.3) is 5.69 Å². The highest BCUT2D eigenvalue weighted by Gasteiger charge is 2.42. The number of hydrogen-bond acceptors (Lipinski definition) is 3. The molecule has 0 radical (unpaired) electrons. The molecular formula is C25H23N5S. The van der Waals surface area contributed by atoms with Gasteiger partial charge in [0.1, 0.15) is 6.04 Å². The third-order valence-corrected chi connectivity index (χ3v) is 6.04. The minimum Gasteiger partial charge on any atom is -0.351 e. The van der Waals surface area contributed by atoms with Crippen molar-refractivity contribution in [3.05, 3.63) is 108 Å². The Labute approximate surface area is 187 Å². The summed E-state index contributed by atoms with van der Waals surface area (Å²) >= 11 is 5.84. The molecule has 0 aliphatic carbocycles. The Kier molecular flexibility index (Phi) is 5.22. The van der Waals surface area contributed by atoms with E-state index >= 15 is 0 Å². The fourth-order valence-electron chi connectivity index (χ4n) is 4.19. The van der Waals surface area contributed by atoms with Crippen molar-refractivity contribution in [1.82, 2.24) is 19.9 Å². The van der Waals surface area contributed by atoms with Gasteiger partial charge in [-0.05, 0) is 72.7 Å². The van der Waals surface area contributed by atoms with Crippen molar-refractivity contribution in [1.29, 1.82) is 0 Å². The standard InChI is InChI=1S/C25H23N5S/c1-2-18-10-12-19(13-11-18)30-24(23(28-25(30)31)21-8-3-4-15-27-21)22-9-6-16-29(22)20-7-5-14-26-17-20/h3-17,23-24H,2H2,1H3,(H,28,31)/t23-,24-/m0/s1. The lowest BCUT2D eigenvalue weighted by atomic mass is 10.0. The Hall–Kier alpha value is -3.51. The number of thiocarbonyl (C=S) groups is 1. The van der Waals surface area contributed by atoms with Gasteiger partial charge in [0.2, 0.25) is 0 Å². The van der Waals surface area contributed by atoms with E-state index in [-0.39, 0.29) is 12.1 Å². The second-order valence-electron chi connectivity index (χ2n) is 7.53. The molecule has 0 spiro atoms. The molecule has 0 bridgehead atoms. The zero-order chi connectivity index (χ0) is 21.2. The summed E-state index contributed by atoms with van der Waals surface area (Å²) in [4.78, 5) is 11.2. The molecule has 154 valence electrons. The van der Waals surface area contributed by atoms with E-state index in [1.165, 1.54) is 5.56 Å². The van der Waals surface area contributed by atoms with Crippen LogP contribution in [-0.4, -0.2) is 19.6 Å². The molecule has 5 rings (SSSR count). The molecular weight excluding hydrogens is 402 g/mol. The number of anilines is 1. The van der Waals surface area contributed by atoms with Crippen LogP contribution in [0, 0.1) is 0 Å². The number of hydrogen-bond donors (Lipinski definition) is 1. The first kappa shape index (κ1) is 19.5. The van der Waals surface area contributed by atoms with Crippen LogP contribution in [0.4, 0.5) is 5.69 Å². The van der Waals surface area contributed by atoms with Crippen molar-refractivity contribution in [2.24, 2.45) is 0 Å². The van der Waals surface area contributed by atoms with Gasteiger partial charge >= 0.3 is 0 Å². The maximum absolute atomic E-state index is 5.84. The van der Waals surface area contributed by atoms with Crippen molar-refractivity contribution in [2.45, 2.75) is 25.4 Å². The van der Waals surface area contributed by atoms with Crippen LogP contribution >= 0.6 is 12.2 Å². The van der Waals surface area contributed by atoms with Crippen molar-refractivity contribution < 1.29 is 0 Å². The molecule has 0 amide bonds. The van der Waals surface area contributed by atoms with Gasteiger partial charge in [0.05, 0.1) is 23.6 Å². The molecule has 2 atom stereocenters. The van der Waals surface area contributed by atoms with Crippen molar-refractivity contribution in [3.63, 3.8) is 0 Å². The zero-order valence-electron chi connectivity index (χ0n) is 17.2. The van der Waals surface area contributed by atoms with Crippen LogP contribution in [0.3, 0.4) is 0 Å². The number of aromatic nitrogens is 3. The SMILES string of the molecule is CCc1ccc(N2C(=S)N[C@@H](c3ccccn3)[C@@H]2c2cccn2-c2cccnc2)cc1. The number of pyridine rings is 2. The number of benzene rings is 1. The van der Waals surface area contributed by atoms with Gasteiger partial charge in [0.25, 0.3) is 0 Å². The number of nitrogens with zero attached hydrogens (tertiary/aromatic N) is 4. The van der Waals surface area contributed by atoms with Gasteiger partial charge in [-0.25, -0.2) is 0 Å². The second-order valence-corrected chi connectivity index (χ2v) is 7.92. The average Bonchev–Trinajstić information content (AvgIpc) is 3.44. The molecule has 4 heterocycles. The zero-order valence-corrected chi connectivity index (χ0v) is 18.0. The molecule has 0 saturated carbocycles. The fraction of sp³-hybridized carbons (Fsp3) is 0.160. The molecule has 6 heteroatoms. The first-order valence-electron chi connectivity index (χ1n) is 10.4. The van der Waals surface area contributed by atoms with E-state index in [0.29, 0.717) is 5.11 Å². The Balaban J connectivity index is 1.65. The largest absolute Gasteiger partial charge is 0.351 e. The average molecular weight is 426 g/mol. The number of rotatable bonds is 5. The highest BCUT2D eigenvalue weighted by molar-refractivity contribution is 7.80. The predicted octanol–water partition coefficient (Wildman–Crippen LogP) is 5.01. The van der Waals surface area contributed by atoms with Gasteiger partial charge in [-0.1, -0.05) is 25.1 Å². The van der Waals surface area contributed by atoms with Gasteiger partial charge in [-0.2, -0.15) is 0 Å². The smallest absolute Gasteiger partial charge is 0.174 e. The van der Waals surface area contributed by atoms with Crippen molar-refractivity contribution in [2.75, 3.05) is 4.90 Å². The molecule has 1 fully saturated rings. The molecule has 1 aromatic carbocycles. The summed E-state index contributed by atoms with van der Waals surface area (Å²) in [5.41, 5.74) is 5.47. The lowest BCUT2D eigenvalue weighted by Gasteiger charge is -2.29. The van der Waals surface area contributed by atoms with E-state index in [9.17, 15) is 0 Å². The Morgan fingerprint density at radius 2 is 1.81 bits per heavy atom. The maximum atomic E-state index is 5.84. The van der Waals surface area contributed by atoms with Gasteiger partial charge in [-0.3, -0.25) is 9.97 Å². The molecule has 31 heavy (non-hydrogen) atoms. The van der Waals surface area contributed by atoms with Gasteiger partial charge in [-0.15, -0.1) is 0 Å². The number of nitrogens with one attached hydrogen (secondary N) is 1. The third kappa shape index (κ3) is 3.59. The summed E-state index contributed by atoms with van der Waals surface area (Å²) in [6.07, 6.45) is 8.57. The number of aryl methyl sites for hydroxylation is 1. The quantitative estimate of drug-likeness (QED) is 0.456. The Morgan fingerprint density at radius 3 is 2.52 bits per heavy atom. The lowest BCUT2D eigenvalue weighted by Crippen LogP contribution is -2.30. The molecule has 3 aromatic heterocycles. The van der Waals surface area contributed by atoms with E-state index in [4.69, 9.17) is 12.2 Å². The monoisotopic (exact) mass is 425 g/mol. The Bertz CT molecular complexity index is 1170. The van der Waals surface area contributed by atoms with Crippen molar-refractivity contribution in [3.8, 4) is 5.69 Å². The van der Waals surface area contributed by atoms with Gasteiger partial charge < -0.3 is 14.8 Å². The predicted molar refractivity (Wildman–Crippen MR) is 127 cm³/mol. The van der Waals surface area contributed by atoms with E-state index in [0.717, 1.165) is 29.2 Å². The minimum absolute atomic E-state index is 0.0647. The third-order valence-electron chi connectivity index (χ3n) is 5.73. The normalized spacial score (nSPS) is 18.2. The topological polar surface area (TPSA) is 46.0 Å². The van der Waals surface area contributed by atoms with E-state index in [1.54, 1.807) is 6.20 Å². The molecule has 4 aromatic rings. The van der Waals surface area contributed by atoms with Crippen LogP contribution in [0.5, 0.6) is 0 Å².